The maximum absolute atomic E-state index is 3.56. The largest absolute Gasteiger partial charge is 0.221 e. The van der Waals surface area contributed by atoms with E-state index in [1.165, 1.54) is 0 Å². The Morgan fingerprint density at radius 3 is 1.44 bits per heavy atom. The van der Waals surface area contributed by atoms with Crippen LogP contribution >= 0.6 is 49.8 Å². The molecule has 0 aliphatic carbocycles. The molecule has 0 aliphatic rings. The Kier molecular flexibility index (Phi) is 4.24. The average Bonchev–Trinajstić information content (AvgIpc) is 1.14. The molecule has 0 rings (SSSR count). The van der Waals surface area contributed by atoms with Crippen LogP contribution in [0.5, 0.6) is 0 Å². The molecule has 0 heterocycles. The maximum atomic E-state index is 3.56. The third kappa shape index (κ3) is 9.87. The van der Waals surface area contributed by atoms with E-state index in [4.69, 9.17) is 0 Å². The summed E-state index contributed by atoms with van der Waals surface area (Å²) in [6, 6.07) is 0. The van der Waals surface area contributed by atoms with E-state index in [-0.39, 0.29) is 0 Å². The molecule has 0 atom stereocenters. The molecule has 0 N–H and O–H groups in total. The summed E-state index contributed by atoms with van der Waals surface area (Å²) in [7, 11) is 0. The molecule has 0 spiro atoms. The summed E-state index contributed by atoms with van der Waals surface area (Å²) in [6.45, 7) is 6.68. The quantitative estimate of drug-likeness (QED) is 0.590. The minimum absolute atomic E-state index is 0.393. The fourth-order valence-electron chi connectivity index (χ4n) is 0.538. The fraction of sp³-hybridized carbons (Fsp3) is 1.00. The van der Waals surface area contributed by atoms with Gasteiger partial charge in [-0.15, -0.1) is 0 Å². The minimum atomic E-state index is -1.10. The Morgan fingerprint density at radius 2 is 1.44 bits per heavy atom. The molecule has 0 amide bonds. The van der Waals surface area contributed by atoms with Gasteiger partial charge >= 0.3 is 0 Å². The highest BCUT2D eigenvalue weighted by atomic mass is 80.0. The topological polar surface area (TPSA) is 0 Å². The zero-order valence-electron chi connectivity index (χ0n) is 5.79. The van der Waals surface area contributed by atoms with Crippen LogP contribution in [0, 0.1) is 5.41 Å². The number of rotatable bonds is 1. The Labute approximate surface area is 81.7 Å². The molecule has 0 aliphatic heterocycles. The zero-order valence-corrected chi connectivity index (χ0v) is 11.4. The summed E-state index contributed by atoms with van der Waals surface area (Å²) in [5, 5.41) is 0. The molecule has 4 heteroatoms. The van der Waals surface area contributed by atoms with Crippen LogP contribution in [0.15, 0.2) is 0 Å². The van der Waals surface area contributed by atoms with Crippen LogP contribution in [-0.4, -0.2) is 6.16 Å². The van der Waals surface area contributed by atoms with Crippen molar-refractivity contribution in [2.75, 3.05) is 6.16 Å². The molecule has 0 bridgehead atoms. The van der Waals surface area contributed by atoms with Gasteiger partial charge < -0.3 is 0 Å². The molecule has 0 aromatic carbocycles. The predicted molar refractivity (Wildman–Crippen MR) is 58.0 cm³/mol. The van der Waals surface area contributed by atoms with Gasteiger partial charge in [-0.25, -0.2) is 0 Å². The average molecular weight is 342 g/mol. The number of hydrogen-bond donors (Lipinski definition) is 0. The third-order valence-electron chi connectivity index (χ3n) is 0.654. The molecule has 0 saturated carbocycles. The van der Waals surface area contributed by atoms with E-state index >= 15 is 0 Å². The first-order valence-electron chi connectivity index (χ1n) is 2.68. The molecule has 0 aromatic rings. The zero-order chi connectivity index (χ0) is 7.71. The van der Waals surface area contributed by atoms with Gasteiger partial charge in [0.15, 0.2) is 46.5 Å². The van der Waals surface area contributed by atoms with Crippen LogP contribution < -0.4 is 0 Å². The van der Waals surface area contributed by atoms with Crippen molar-refractivity contribution in [2.24, 2.45) is 5.41 Å². The lowest BCUT2D eigenvalue weighted by Gasteiger charge is -2.16. The van der Waals surface area contributed by atoms with E-state index in [2.05, 4.69) is 67.2 Å². The van der Waals surface area contributed by atoms with Gasteiger partial charge in [0.25, 0.3) is 0 Å². The van der Waals surface area contributed by atoms with E-state index in [1.807, 2.05) is 0 Å². The second-order valence-electron chi connectivity index (χ2n) is 3.27. The van der Waals surface area contributed by atoms with E-state index in [1.54, 1.807) is 0 Å². The van der Waals surface area contributed by atoms with E-state index in [9.17, 15) is 0 Å². The minimum Gasteiger partial charge on any atom is -0.0566 e. The second kappa shape index (κ2) is 3.51. The van der Waals surface area contributed by atoms with Gasteiger partial charge in [-0.1, -0.05) is 20.8 Å². The molecule has 0 unspecified atom stereocenters. The molecule has 56 valence electrons. The van der Waals surface area contributed by atoms with Crippen molar-refractivity contribution in [1.29, 1.82) is 0 Å². The second-order valence-corrected chi connectivity index (χ2v) is 24.1. The van der Waals surface area contributed by atoms with Gasteiger partial charge in [0, 0.05) is 0 Å². The van der Waals surface area contributed by atoms with Crippen LogP contribution in [0.4, 0.5) is 0 Å². The van der Waals surface area contributed by atoms with E-state index in [0.717, 1.165) is 6.16 Å². The molecule has 0 radical (unpaired) electrons. The predicted octanol–water partition coefficient (Wildman–Crippen LogP) is 4.98. The Hall–Kier alpha value is 1.87. The van der Waals surface area contributed by atoms with Crippen molar-refractivity contribution in [2.45, 2.75) is 20.8 Å². The van der Waals surface area contributed by atoms with E-state index in [0.29, 0.717) is 5.41 Å². The van der Waals surface area contributed by atoms with Crippen molar-refractivity contribution in [3.8, 4) is 0 Å². The van der Waals surface area contributed by atoms with Crippen LogP contribution in [-0.2, 0) is 0 Å². The van der Waals surface area contributed by atoms with Crippen LogP contribution in [0.1, 0.15) is 20.8 Å². The molecule has 0 fully saturated rings. The summed E-state index contributed by atoms with van der Waals surface area (Å²) in [4.78, 5) is 0. The molecular formula is C5H11Br3P+. The molecule has 9 heavy (non-hydrogen) atoms. The highest BCUT2D eigenvalue weighted by molar-refractivity contribution is 9.96. The first-order valence-corrected chi connectivity index (χ1v) is 10.7. The van der Waals surface area contributed by atoms with Gasteiger partial charge in [0.1, 0.15) is 0 Å². The molecular weight excluding hydrogens is 331 g/mol. The van der Waals surface area contributed by atoms with Crippen molar-refractivity contribution in [3.63, 3.8) is 0 Å². The van der Waals surface area contributed by atoms with Gasteiger partial charge in [-0.2, -0.15) is 0 Å². The molecule has 0 saturated heterocycles. The van der Waals surface area contributed by atoms with Gasteiger partial charge in [-0.05, 0) is 5.41 Å². The fourth-order valence-corrected chi connectivity index (χ4v) is 8.38. The monoisotopic (exact) mass is 339 g/mol. The summed E-state index contributed by atoms with van der Waals surface area (Å²) in [6.07, 6.45) is 1.15. The Balaban J connectivity index is 3.75. The third-order valence-corrected chi connectivity index (χ3v) is 4.22. The molecule has 0 aromatic heterocycles. The summed E-state index contributed by atoms with van der Waals surface area (Å²) >= 11 is 10.7. The van der Waals surface area contributed by atoms with Crippen molar-refractivity contribution >= 4 is 49.8 Å². The van der Waals surface area contributed by atoms with Gasteiger partial charge in [0.05, 0.1) is 6.16 Å². The highest BCUT2D eigenvalue weighted by Gasteiger charge is 2.35. The summed E-state index contributed by atoms with van der Waals surface area (Å²) in [5.74, 6) is 0. The highest BCUT2D eigenvalue weighted by Crippen LogP contribution is 2.81. The van der Waals surface area contributed by atoms with Crippen molar-refractivity contribution in [3.05, 3.63) is 0 Å². The maximum Gasteiger partial charge on any atom is 0.221 e. The van der Waals surface area contributed by atoms with Crippen LogP contribution in [0.25, 0.3) is 0 Å². The standard InChI is InChI=1S/C5H11Br3P/c1-5(2,3)4-9(6,7)8/h4H2,1-3H3/q+1. The summed E-state index contributed by atoms with van der Waals surface area (Å²) in [5.41, 5.74) is 0.393. The number of halogens is 3. The van der Waals surface area contributed by atoms with Gasteiger partial charge in [-0.3, -0.25) is 0 Å². The lowest BCUT2D eigenvalue weighted by atomic mass is 10.0. The van der Waals surface area contributed by atoms with Gasteiger partial charge in [0.2, 0.25) is 3.37 Å². The van der Waals surface area contributed by atoms with Crippen LogP contribution in [0.3, 0.4) is 0 Å². The smallest absolute Gasteiger partial charge is 0.0566 e. The Bertz CT molecular complexity index is 77.4. The normalized spacial score (nSPS) is 14.0. The first kappa shape index (κ1) is 10.9. The first-order chi connectivity index (χ1) is 3.71. The van der Waals surface area contributed by atoms with Crippen molar-refractivity contribution in [1.82, 2.24) is 0 Å². The lowest BCUT2D eigenvalue weighted by Crippen LogP contribution is -2.08. The molecule has 0 nitrogen and oxygen atoms in total. The Morgan fingerprint density at radius 1 is 1.11 bits per heavy atom. The summed E-state index contributed by atoms with van der Waals surface area (Å²) < 4.78 is -1.10. The van der Waals surface area contributed by atoms with Crippen LogP contribution in [0.2, 0.25) is 0 Å². The lowest BCUT2D eigenvalue weighted by molar-refractivity contribution is 0.479. The number of hydrogen-bond acceptors (Lipinski definition) is 0. The SMILES string of the molecule is CC(C)(C)C[P+](Br)(Br)Br. The van der Waals surface area contributed by atoms with E-state index < -0.39 is 3.37 Å². The van der Waals surface area contributed by atoms with Crippen molar-refractivity contribution < 1.29 is 0 Å².